The average Bonchev–Trinajstić information content (AvgIpc) is 3.24. The Morgan fingerprint density at radius 3 is 2.76 bits per heavy atom. The number of benzene rings is 1. The molecule has 1 atom stereocenters. The summed E-state index contributed by atoms with van der Waals surface area (Å²) in [6.07, 6.45) is 1.73. The van der Waals surface area contributed by atoms with E-state index < -0.39 is 11.8 Å². The van der Waals surface area contributed by atoms with E-state index in [2.05, 4.69) is 31.8 Å². The Bertz CT molecular complexity index is 819. The summed E-state index contributed by atoms with van der Waals surface area (Å²) in [7, 11) is 0. The number of amides is 3. The smallest absolute Gasteiger partial charge is 0.286 e. The van der Waals surface area contributed by atoms with Crippen LogP contribution in [0.3, 0.4) is 0 Å². The van der Waals surface area contributed by atoms with Gasteiger partial charge in [0, 0.05) is 29.3 Å². The Kier molecular flexibility index (Phi) is 4.89. The maximum absolute atomic E-state index is 12.3. The summed E-state index contributed by atoms with van der Waals surface area (Å²) in [6.45, 7) is 2.22. The molecule has 8 heteroatoms. The summed E-state index contributed by atoms with van der Waals surface area (Å²) in [5.41, 5.74) is 6.84. The normalized spacial score (nSPS) is 16.8. The minimum absolute atomic E-state index is 0.110. The zero-order valence-electron chi connectivity index (χ0n) is 13.5. The zero-order chi connectivity index (χ0) is 18.0. The number of carbonyl (C=O) groups excluding carboxylic acids is 3. The number of nitrogens with one attached hydrogen (secondary N) is 3. The Labute approximate surface area is 152 Å². The number of carbonyl (C=O) groups is 3. The van der Waals surface area contributed by atoms with E-state index in [0.717, 1.165) is 15.7 Å². The molecule has 1 aliphatic heterocycles. The second kappa shape index (κ2) is 7.10. The van der Waals surface area contributed by atoms with Crippen LogP contribution in [0.2, 0.25) is 0 Å². The van der Waals surface area contributed by atoms with E-state index in [1.807, 2.05) is 25.1 Å². The van der Waals surface area contributed by atoms with Gasteiger partial charge in [0.2, 0.25) is 11.8 Å². The molecule has 2 heterocycles. The van der Waals surface area contributed by atoms with Crippen LogP contribution < -0.4 is 15.8 Å². The van der Waals surface area contributed by atoms with Gasteiger partial charge in [0.15, 0.2) is 0 Å². The van der Waals surface area contributed by atoms with Crippen molar-refractivity contribution >= 4 is 39.3 Å². The minimum atomic E-state index is -0.514. The topological polar surface area (TPSA) is 94.3 Å². The quantitative estimate of drug-likeness (QED) is 0.681. The van der Waals surface area contributed by atoms with Crippen LogP contribution in [0.15, 0.2) is 41.0 Å². The highest BCUT2D eigenvalue weighted by atomic mass is 79.9. The van der Waals surface area contributed by atoms with Crippen molar-refractivity contribution in [2.45, 2.75) is 13.3 Å². The molecule has 0 aliphatic carbocycles. The highest BCUT2D eigenvalue weighted by Gasteiger charge is 2.35. The number of aromatic nitrogens is 1. The summed E-state index contributed by atoms with van der Waals surface area (Å²) < 4.78 is 0.962. The monoisotopic (exact) mass is 404 g/mol. The maximum atomic E-state index is 12.3. The molecular weight excluding hydrogens is 388 g/mol. The van der Waals surface area contributed by atoms with Crippen LogP contribution >= 0.6 is 15.9 Å². The predicted molar refractivity (Wildman–Crippen MR) is 95.7 cm³/mol. The zero-order valence-corrected chi connectivity index (χ0v) is 15.1. The SMILES string of the molecule is Cc1cc(N2CC(C(=O)NNC(=O)c3ccc[nH]3)CC2=O)ccc1Br. The van der Waals surface area contributed by atoms with Crippen LogP contribution in [-0.2, 0) is 9.59 Å². The van der Waals surface area contributed by atoms with E-state index in [0.29, 0.717) is 5.69 Å². The van der Waals surface area contributed by atoms with Crippen molar-refractivity contribution in [3.63, 3.8) is 0 Å². The molecule has 3 N–H and O–H groups in total. The molecule has 1 aromatic carbocycles. The number of hydrazine groups is 1. The third-order valence-electron chi connectivity index (χ3n) is 4.09. The maximum Gasteiger partial charge on any atom is 0.286 e. The number of hydrogen-bond donors (Lipinski definition) is 3. The molecule has 7 nitrogen and oxygen atoms in total. The van der Waals surface area contributed by atoms with Gasteiger partial charge in [0.05, 0.1) is 5.92 Å². The number of nitrogens with zero attached hydrogens (tertiary/aromatic N) is 1. The van der Waals surface area contributed by atoms with Gasteiger partial charge in [-0.15, -0.1) is 0 Å². The molecule has 1 aliphatic rings. The van der Waals surface area contributed by atoms with Crippen LogP contribution in [0.25, 0.3) is 0 Å². The molecule has 0 saturated carbocycles. The largest absolute Gasteiger partial charge is 0.357 e. The van der Waals surface area contributed by atoms with Crippen molar-refractivity contribution in [3.05, 3.63) is 52.3 Å². The molecule has 0 radical (unpaired) electrons. The van der Waals surface area contributed by atoms with Crippen LogP contribution in [0, 0.1) is 12.8 Å². The van der Waals surface area contributed by atoms with Gasteiger partial charge in [0.25, 0.3) is 5.91 Å². The highest BCUT2D eigenvalue weighted by molar-refractivity contribution is 9.10. The minimum Gasteiger partial charge on any atom is -0.357 e. The van der Waals surface area contributed by atoms with Gasteiger partial charge in [-0.05, 0) is 42.8 Å². The lowest BCUT2D eigenvalue weighted by molar-refractivity contribution is -0.126. The fourth-order valence-electron chi connectivity index (χ4n) is 2.69. The van der Waals surface area contributed by atoms with Crippen molar-refractivity contribution < 1.29 is 14.4 Å². The molecule has 25 heavy (non-hydrogen) atoms. The number of aromatic amines is 1. The lowest BCUT2D eigenvalue weighted by Gasteiger charge is -2.17. The summed E-state index contributed by atoms with van der Waals surface area (Å²) in [5, 5.41) is 0. The molecule has 1 unspecified atom stereocenters. The first-order valence-corrected chi connectivity index (χ1v) is 8.55. The average molecular weight is 405 g/mol. The molecule has 3 amide bonds. The Morgan fingerprint density at radius 1 is 1.28 bits per heavy atom. The van der Waals surface area contributed by atoms with Crippen molar-refractivity contribution in [2.24, 2.45) is 5.92 Å². The van der Waals surface area contributed by atoms with Gasteiger partial charge in [-0.2, -0.15) is 0 Å². The number of hydrogen-bond acceptors (Lipinski definition) is 3. The molecule has 130 valence electrons. The summed E-state index contributed by atoms with van der Waals surface area (Å²) >= 11 is 3.43. The van der Waals surface area contributed by atoms with E-state index in [9.17, 15) is 14.4 Å². The molecule has 1 aromatic heterocycles. The molecule has 2 aromatic rings. The highest BCUT2D eigenvalue weighted by Crippen LogP contribution is 2.28. The second-order valence-electron chi connectivity index (χ2n) is 5.87. The van der Waals surface area contributed by atoms with E-state index in [-0.39, 0.29) is 24.8 Å². The first-order chi connectivity index (χ1) is 12.0. The number of halogens is 1. The van der Waals surface area contributed by atoms with E-state index >= 15 is 0 Å². The predicted octanol–water partition coefficient (Wildman–Crippen LogP) is 1.90. The molecule has 3 rings (SSSR count). The first-order valence-electron chi connectivity index (χ1n) is 7.76. The van der Waals surface area contributed by atoms with Crippen molar-refractivity contribution in [1.29, 1.82) is 0 Å². The van der Waals surface area contributed by atoms with Crippen molar-refractivity contribution in [2.75, 3.05) is 11.4 Å². The first kappa shape index (κ1) is 17.2. The van der Waals surface area contributed by atoms with Gasteiger partial charge < -0.3 is 9.88 Å². The lowest BCUT2D eigenvalue weighted by Crippen LogP contribution is -2.45. The Balaban J connectivity index is 1.60. The third kappa shape index (κ3) is 3.74. The summed E-state index contributed by atoms with van der Waals surface area (Å²) in [5.74, 6) is -1.45. The van der Waals surface area contributed by atoms with Crippen LogP contribution in [0.4, 0.5) is 5.69 Å². The van der Waals surface area contributed by atoms with E-state index in [1.165, 1.54) is 0 Å². The van der Waals surface area contributed by atoms with E-state index in [4.69, 9.17) is 0 Å². The second-order valence-corrected chi connectivity index (χ2v) is 6.72. The molecule has 0 bridgehead atoms. The van der Waals surface area contributed by atoms with Gasteiger partial charge >= 0.3 is 0 Å². The Hall–Kier alpha value is -2.61. The number of H-pyrrole nitrogens is 1. The van der Waals surface area contributed by atoms with Crippen molar-refractivity contribution in [1.82, 2.24) is 15.8 Å². The van der Waals surface area contributed by atoms with Gasteiger partial charge in [-0.25, -0.2) is 0 Å². The summed E-state index contributed by atoms with van der Waals surface area (Å²) in [4.78, 5) is 40.6. The Morgan fingerprint density at radius 2 is 2.08 bits per heavy atom. The van der Waals surface area contributed by atoms with Gasteiger partial charge in [0.1, 0.15) is 5.69 Å². The van der Waals surface area contributed by atoms with Crippen molar-refractivity contribution in [3.8, 4) is 0 Å². The fraction of sp³-hybridized carbons (Fsp3) is 0.235. The van der Waals surface area contributed by atoms with E-state index in [1.54, 1.807) is 23.2 Å². The summed E-state index contributed by atoms with van der Waals surface area (Å²) in [6, 6.07) is 8.89. The molecule has 1 fully saturated rings. The van der Waals surface area contributed by atoms with Crippen LogP contribution in [-0.4, -0.2) is 29.3 Å². The number of aryl methyl sites for hydroxylation is 1. The molecule has 1 saturated heterocycles. The number of rotatable bonds is 3. The number of anilines is 1. The third-order valence-corrected chi connectivity index (χ3v) is 4.98. The molecule has 0 spiro atoms. The lowest BCUT2D eigenvalue weighted by atomic mass is 10.1. The van der Waals surface area contributed by atoms with Crippen LogP contribution in [0.1, 0.15) is 22.5 Å². The van der Waals surface area contributed by atoms with Crippen LogP contribution in [0.5, 0.6) is 0 Å². The van der Waals surface area contributed by atoms with Gasteiger partial charge in [-0.1, -0.05) is 15.9 Å². The standard InChI is InChI=1S/C17H17BrN4O3/c1-10-7-12(4-5-13(10)18)22-9-11(8-15(22)23)16(24)20-21-17(25)14-3-2-6-19-14/h2-7,11,19H,8-9H2,1H3,(H,20,24)(H,21,25). The van der Waals surface area contributed by atoms with Gasteiger partial charge in [-0.3, -0.25) is 25.2 Å². The molecular formula is C17H17BrN4O3. The fourth-order valence-corrected chi connectivity index (χ4v) is 2.94.